The number of anilines is 1. The highest BCUT2D eigenvalue weighted by Gasteiger charge is 2.30. The average molecular weight is 508 g/mol. The van der Waals surface area contributed by atoms with Gasteiger partial charge in [-0.2, -0.15) is 13.2 Å². The van der Waals surface area contributed by atoms with E-state index >= 15 is 0 Å². The van der Waals surface area contributed by atoms with Crippen molar-refractivity contribution in [1.29, 1.82) is 0 Å². The summed E-state index contributed by atoms with van der Waals surface area (Å²) in [4.78, 5) is 12.9. The van der Waals surface area contributed by atoms with Crippen LogP contribution in [0.25, 0.3) is 11.1 Å². The molecular formula is C29H24F3NO4. The Morgan fingerprint density at radius 2 is 1.65 bits per heavy atom. The van der Waals surface area contributed by atoms with Crippen molar-refractivity contribution < 1.29 is 32.5 Å². The molecule has 0 bridgehead atoms. The molecule has 0 aliphatic carbocycles. The fourth-order valence-electron chi connectivity index (χ4n) is 3.82. The van der Waals surface area contributed by atoms with Crippen molar-refractivity contribution in [2.45, 2.75) is 12.6 Å². The summed E-state index contributed by atoms with van der Waals surface area (Å²) in [5, 5.41) is 13.0. The molecule has 0 atom stereocenters. The molecule has 5 nitrogen and oxygen atoms in total. The molecule has 0 aliphatic rings. The minimum absolute atomic E-state index is 0.0718. The summed E-state index contributed by atoms with van der Waals surface area (Å²) in [6, 6.07) is 23.3. The number of phenols is 1. The van der Waals surface area contributed by atoms with Gasteiger partial charge in [0.1, 0.15) is 17.2 Å². The van der Waals surface area contributed by atoms with E-state index in [0.717, 1.165) is 23.4 Å². The van der Waals surface area contributed by atoms with Crippen molar-refractivity contribution in [2.24, 2.45) is 0 Å². The molecule has 0 aliphatic heterocycles. The number of methoxy groups -OCH3 is 1. The highest BCUT2D eigenvalue weighted by atomic mass is 19.4. The Labute approximate surface area is 212 Å². The number of alkyl halides is 3. The number of carbonyl (C=O) groups excluding carboxylic acids is 1. The molecule has 0 spiro atoms. The first-order valence-electron chi connectivity index (χ1n) is 11.4. The summed E-state index contributed by atoms with van der Waals surface area (Å²) >= 11 is 0. The lowest BCUT2D eigenvalue weighted by Gasteiger charge is -2.12. The van der Waals surface area contributed by atoms with Crippen LogP contribution in [-0.4, -0.2) is 24.7 Å². The van der Waals surface area contributed by atoms with E-state index < -0.39 is 17.6 Å². The summed E-state index contributed by atoms with van der Waals surface area (Å²) < 4.78 is 50.5. The van der Waals surface area contributed by atoms with Gasteiger partial charge in [-0.1, -0.05) is 42.5 Å². The van der Waals surface area contributed by atoms with E-state index in [1.165, 1.54) is 30.3 Å². The van der Waals surface area contributed by atoms with Crippen molar-refractivity contribution in [3.05, 3.63) is 108 Å². The monoisotopic (exact) mass is 507 g/mol. The van der Waals surface area contributed by atoms with Crippen LogP contribution < -0.4 is 14.8 Å². The van der Waals surface area contributed by atoms with Gasteiger partial charge >= 0.3 is 6.18 Å². The zero-order valence-corrected chi connectivity index (χ0v) is 19.9. The molecule has 0 saturated heterocycles. The number of ether oxygens (including phenoxy) is 2. The lowest BCUT2D eigenvalue weighted by Crippen LogP contribution is -2.12. The Morgan fingerprint density at radius 1 is 0.892 bits per heavy atom. The molecule has 1 amide bonds. The van der Waals surface area contributed by atoms with Crippen molar-refractivity contribution >= 4 is 11.6 Å². The van der Waals surface area contributed by atoms with Crippen LogP contribution in [0.4, 0.5) is 18.9 Å². The predicted molar refractivity (Wildman–Crippen MR) is 135 cm³/mol. The third-order valence-electron chi connectivity index (χ3n) is 5.69. The fourth-order valence-corrected chi connectivity index (χ4v) is 3.82. The quantitative estimate of drug-likeness (QED) is 0.271. The van der Waals surface area contributed by atoms with Crippen LogP contribution in [0.2, 0.25) is 0 Å². The molecule has 37 heavy (non-hydrogen) atoms. The van der Waals surface area contributed by atoms with Gasteiger partial charge in [0, 0.05) is 18.2 Å². The zero-order valence-electron chi connectivity index (χ0n) is 19.9. The summed E-state index contributed by atoms with van der Waals surface area (Å²) in [5.41, 5.74) is 1.20. The van der Waals surface area contributed by atoms with Gasteiger partial charge in [0.25, 0.3) is 5.91 Å². The Hall–Kier alpha value is -4.46. The smallest absolute Gasteiger partial charge is 0.416 e. The first-order valence-corrected chi connectivity index (χ1v) is 11.4. The number of amides is 1. The lowest BCUT2D eigenvalue weighted by atomic mass is 10.00. The molecule has 4 aromatic rings. The van der Waals surface area contributed by atoms with Gasteiger partial charge in [-0.25, -0.2) is 0 Å². The van der Waals surface area contributed by atoms with Crippen molar-refractivity contribution in [2.75, 3.05) is 19.0 Å². The third kappa shape index (κ3) is 6.41. The Kier molecular flexibility index (Phi) is 7.67. The molecule has 4 aromatic carbocycles. The first-order chi connectivity index (χ1) is 17.7. The van der Waals surface area contributed by atoms with Crippen molar-refractivity contribution in [3.8, 4) is 28.4 Å². The number of benzene rings is 4. The largest absolute Gasteiger partial charge is 0.507 e. The van der Waals surface area contributed by atoms with E-state index in [0.29, 0.717) is 30.0 Å². The second-order valence-electron chi connectivity index (χ2n) is 8.20. The average Bonchev–Trinajstić information content (AvgIpc) is 2.89. The van der Waals surface area contributed by atoms with Gasteiger partial charge in [0.05, 0.1) is 24.8 Å². The molecule has 190 valence electrons. The van der Waals surface area contributed by atoms with E-state index in [-0.39, 0.29) is 16.9 Å². The molecular weight excluding hydrogens is 483 g/mol. The summed E-state index contributed by atoms with van der Waals surface area (Å²) in [6.45, 7) is 0.387. The fraction of sp³-hybridized carbons (Fsp3) is 0.138. The molecule has 4 rings (SSSR count). The number of rotatable bonds is 8. The van der Waals surface area contributed by atoms with Crippen LogP contribution in [0.5, 0.6) is 17.2 Å². The van der Waals surface area contributed by atoms with Gasteiger partial charge in [-0.3, -0.25) is 4.79 Å². The summed E-state index contributed by atoms with van der Waals surface area (Å²) in [5.74, 6) is 0.406. The van der Waals surface area contributed by atoms with Crippen LogP contribution in [0.3, 0.4) is 0 Å². The number of aromatic hydroxyl groups is 1. The second kappa shape index (κ2) is 11.1. The van der Waals surface area contributed by atoms with E-state index in [2.05, 4.69) is 5.32 Å². The van der Waals surface area contributed by atoms with E-state index in [1.807, 2.05) is 24.3 Å². The molecule has 0 radical (unpaired) electrons. The third-order valence-corrected chi connectivity index (χ3v) is 5.69. The summed E-state index contributed by atoms with van der Waals surface area (Å²) in [7, 11) is 1.61. The van der Waals surface area contributed by atoms with Crippen LogP contribution in [0, 0.1) is 0 Å². The van der Waals surface area contributed by atoms with Gasteiger partial charge in [-0.05, 0) is 59.2 Å². The molecule has 0 unspecified atom stereocenters. The van der Waals surface area contributed by atoms with Crippen LogP contribution in [0.1, 0.15) is 21.5 Å². The number of carbonyl (C=O) groups is 1. The molecule has 0 fully saturated rings. The minimum Gasteiger partial charge on any atom is -0.507 e. The molecule has 8 heteroatoms. The highest BCUT2D eigenvalue weighted by Crippen LogP contribution is 2.33. The molecule has 0 heterocycles. The lowest BCUT2D eigenvalue weighted by molar-refractivity contribution is -0.137. The number of hydrogen-bond acceptors (Lipinski definition) is 4. The van der Waals surface area contributed by atoms with Crippen LogP contribution in [-0.2, 0) is 12.6 Å². The number of hydrogen-bond donors (Lipinski definition) is 2. The predicted octanol–water partition coefficient (Wildman–Crippen LogP) is 6.96. The molecule has 0 aromatic heterocycles. The topological polar surface area (TPSA) is 67.8 Å². The van der Waals surface area contributed by atoms with Gasteiger partial charge in [-0.15, -0.1) is 0 Å². The SMILES string of the molecule is COc1ccccc1CCOc1cccc(NC(=O)c2cc(-c3cccc(C(F)(F)F)c3)ccc2O)c1. The number of halogens is 3. The number of nitrogens with one attached hydrogen (secondary N) is 1. The maximum absolute atomic E-state index is 13.1. The minimum atomic E-state index is -4.49. The van der Waals surface area contributed by atoms with Gasteiger partial charge < -0.3 is 19.9 Å². The van der Waals surface area contributed by atoms with E-state index in [4.69, 9.17) is 9.47 Å². The van der Waals surface area contributed by atoms with Gasteiger partial charge in [0.15, 0.2) is 0 Å². The normalized spacial score (nSPS) is 11.1. The Morgan fingerprint density at radius 3 is 2.43 bits per heavy atom. The molecule has 2 N–H and O–H groups in total. The Balaban J connectivity index is 1.46. The maximum atomic E-state index is 13.1. The summed E-state index contributed by atoms with van der Waals surface area (Å²) in [6.07, 6.45) is -3.87. The maximum Gasteiger partial charge on any atom is 0.416 e. The van der Waals surface area contributed by atoms with Crippen molar-refractivity contribution in [1.82, 2.24) is 0 Å². The number of para-hydroxylation sites is 1. The molecule has 0 saturated carbocycles. The highest BCUT2D eigenvalue weighted by molar-refractivity contribution is 6.07. The van der Waals surface area contributed by atoms with E-state index in [1.54, 1.807) is 31.4 Å². The Bertz CT molecular complexity index is 1400. The standard InChI is InChI=1S/C29H24F3NO4/c1-36-27-11-3-2-6-19(27)14-15-37-24-10-5-9-23(18-24)33-28(35)25-17-21(12-13-26(25)34)20-7-4-8-22(16-20)29(30,31)32/h2-13,16-18,34H,14-15H2,1H3,(H,33,35). The zero-order chi connectivity index (χ0) is 26.4. The van der Waals surface area contributed by atoms with E-state index in [9.17, 15) is 23.1 Å². The second-order valence-corrected chi connectivity index (χ2v) is 8.20. The number of phenolic OH excluding ortho intramolecular Hbond substituents is 1. The van der Waals surface area contributed by atoms with Crippen LogP contribution in [0.15, 0.2) is 91.0 Å². The van der Waals surface area contributed by atoms with Crippen molar-refractivity contribution in [3.63, 3.8) is 0 Å². The van der Waals surface area contributed by atoms with Crippen LogP contribution >= 0.6 is 0 Å². The van der Waals surface area contributed by atoms with Gasteiger partial charge in [0.2, 0.25) is 0 Å². The first kappa shape index (κ1) is 25.6.